The Morgan fingerprint density at radius 1 is 1.25 bits per heavy atom. The number of piperidine rings is 1. The lowest BCUT2D eigenvalue weighted by molar-refractivity contribution is -0.136. The van der Waals surface area contributed by atoms with E-state index in [4.69, 9.17) is 0 Å². The summed E-state index contributed by atoms with van der Waals surface area (Å²) in [6, 6.07) is 3.86. The molecule has 1 aromatic rings. The van der Waals surface area contributed by atoms with E-state index in [1.54, 1.807) is 11.3 Å². The van der Waals surface area contributed by atoms with E-state index in [1.807, 2.05) is 6.07 Å². The molecular formula is C24H36N4O3S. The monoisotopic (exact) mass is 460 g/mol. The van der Waals surface area contributed by atoms with E-state index in [0.29, 0.717) is 25.3 Å². The maximum Gasteiger partial charge on any atom is 0.325 e. The van der Waals surface area contributed by atoms with Gasteiger partial charge in [0.05, 0.1) is 6.04 Å². The predicted octanol–water partition coefficient (Wildman–Crippen LogP) is 3.53. The lowest BCUT2D eigenvalue weighted by atomic mass is 9.75. The highest BCUT2D eigenvalue weighted by molar-refractivity contribution is 7.10. The summed E-state index contributed by atoms with van der Waals surface area (Å²) >= 11 is 1.71. The molecule has 0 radical (unpaired) electrons. The first-order chi connectivity index (χ1) is 15.4. The van der Waals surface area contributed by atoms with Crippen molar-refractivity contribution in [2.24, 2.45) is 11.8 Å². The molecule has 4 amide bonds. The molecule has 32 heavy (non-hydrogen) atoms. The molecular weight excluding hydrogens is 424 g/mol. The van der Waals surface area contributed by atoms with Gasteiger partial charge in [-0.1, -0.05) is 26.3 Å². The topological polar surface area (TPSA) is 81.8 Å². The Balaban J connectivity index is 1.34. The van der Waals surface area contributed by atoms with E-state index in [0.717, 1.165) is 43.2 Å². The average Bonchev–Trinajstić information content (AvgIpc) is 3.39. The zero-order chi connectivity index (χ0) is 22.7. The Hall–Kier alpha value is -1.93. The Kier molecular flexibility index (Phi) is 7.20. The van der Waals surface area contributed by atoms with Crippen molar-refractivity contribution in [1.82, 2.24) is 20.4 Å². The average molecular weight is 461 g/mol. The van der Waals surface area contributed by atoms with Crippen molar-refractivity contribution in [3.63, 3.8) is 0 Å². The summed E-state index contributed by atoms with van der Waals surface area (Å²) in [5.41, 5.74) is -0.799. The minimum atomic E-state index is -0.799. The van der Waals surface area contributed by atoms with E-state index >= 15 is 0 Å². The summed E-state index contributed by atoms with van der Waals surface area (Å²) in [6.45, 7) is 6.78. The molecule has 1 aliphatic carbocycles. The van der Waals surface area contributed by atoms with Crippen LogP contribution < -0.4 is 10.6 Å². The van der Waals surface area contributed by atoms with Crippen molar-refractivity contribution in [2.75, 3.05) is 26.2 Å². The molecule has 0 aromatic carbocycles. The molecule has 1 unspecified atom stereocenters. The summed E-state index contributed by atoms with van der Waals surface area (Å²) in [7, 11) is 0. The van der Waals surface area contributed by atoms with Crippen LogP contribution in [0.4, 0.5) is 4.79 Å². The Morgan fingerprint density at radius 2 is 1.97 bits per heavy atom. The molecule has 3 heterocycles. The number of hydrogen-bond acceptors (Lipinski definition) is 5. The number of nitrogens with zero attached hydrogens (tertiary/aromatic N) is 2. The number of carbonyl (C=O) groups excluding carboxylic acids is 3. The summed E-state index contributed by atoms with van der Waals surface area (Å²) in [4.78, 5) is 43.2. The summed E-state index contributed by atoms with van der Waals surface area (Å²) in [5.74, 6) is 0.852. The number of hydrogen-bond donors (Lipinski definition) is 2. The second-order valence-electron chi connectivity index (χ2n) is 9.81. The van der Waals surface area contributed by atoms with Crippen molar-refractivity contribution in [2.45, 2.75) is 70.4 Å². The molecule has 2 N–H and O–H groups in total. The van der Waals surface area contributed by atoms with Crippen LogP contribution in [0.25, 0.3) is 0 Å². The zero-order valence-electron chi connectivity index (χ0n) is 19.3. The van der Waals surface area contributed by atoms with Crippen molar-refractivity contribution in [1.29, 1.82) is 0 Å². The quantitative estimate of drug-likeness (QED) is 0.610. The fourth-order valence-electron chi connectivity index (χ4n) is 5.38. The zero-order valence-corrected chi connectivity index (χ0v) is 20.1. The van der Waals surface area contributed by atoms with E-state index in [9.17, 15) is 14.4 Å². The van der Waals surface area contributed by atoms with E-state index < -0.39 is 11.6 Å². The molecule has 2 saturated heterocycles. The Bertz CT molecular complexity index is 811. The van der Waals surface area contributed by atoms with Crippen molar-refractivity contribution in [3.8, 4) is 0 Å². The van der Waals surface area contributed by atoms with Crippen LogP contribution in [-0.4, -0.2) is 59.4 Å². The first kappa shape index (κ1) is 23.2. The van der Waals surface area contributed by atoms with Crippen molar-refractivity contribution in [3.05, 3.63) is 22.4 Å². The van der Waals surface area contributed by atoms with Gasteiger partial charge in [0.2, 0.25) is 5.91 Å². The van der Waals surface area contributed by atoms with Gasteiger partial charge < -0.3 is 10.6 Å². The lowest BCUT2D eigenvalue weighted by Gasteiger charge is -2.36. The van der Waals surface area contributed by atoms with Gasteiger partial charge in [-0.15, -0.1) is 11.3 Å². The van der Waals surface area contributed by atoms with Gasteiger partial charge in [-0.05, 0) is 74.9 Å². The summed E-state index contributed by atoms with van der Waals surface area (Å²) in [5, 5.41) is 7.99. The van der Waals surface area contributed by atoms with Gasteiger partial charge in [-0.25, -0.2) is 4.79 Å². The van der Waals surface area contributed by atoms with Gasteiger partial charge in [-0.3, -0.25) is 19.4 Å². The standard InChI is InChI=1S/C24H36N4O3S/c1-3-18-6-10-24(11-7-18)22(30)28(23(31)26-24)16-21(29)25-15-19(20-5-4-14-32-20)27-12-8-17(2)9-13-27/h4-5,14,17-19H,3,6-13,15-16H2,1-2H3,(H,25,29)(H,26,31). The minimum absolute atomic E-state index is 0.130. The van der Waals surface area contributed by atoms with Gasteiger partial charge in [0.25, 0.3) is 5.91 Å². The number of amides is 4. The van der Waals surface area contributed by atoms with E-state index in [1.165, 1.54) is 17.7 Å². The third-order valence-corrected chi connectivity index (χ3v) is 8.68. The van der Waals surface area contributed by atoms with E-state index in [2.05, 4.69) is 40.8 Å². The maximum atomic E-state index is 13.1. The second kappa shape index (κ2) is 9.91. The molecule has 7 nitrogen and oxygen atoms in total. The van der Waals surface area contributed by atoms with Gasteiger partial charge >= 0.3 is 6.03 Å². The highest BCUT2D eigenvalue weighted by Gasteiger charge is 2.52. The number of nitrogens with one attached hydrogen (secondary N) is 2. The SMILES string of the molecule is CCC1CCC2(CC1)NC(=O)N(CC(=O)NCC(c1cccs1)N1CCC(C)CC1)C2=O. The van der Waals surface area contributed by atoms with Crippen LogP contribution in [0.3, 0.4) is 0 Å². The molecule has 1 aromatic heterocycles. The Labute approximate surface area is 194 Å². The first-order valence-corrected chi connectivity index (χ1v) is 13.0. The highest BCUT2D eigenvalue weighted by Crippen LogP contribution is 2.37. The van der Waals surface area contributed by atoms with Crippen molar-refractivity contribution < 1.29 is 14.4 Å². The first-order valence-electron chi connectivity index (χ1n) is 12.1. The third kappa shape index (κ3) is 4.86. The van der Waals surface area contributed by atoms with Crippen LogP contribution in [0, 0.1) is 11.8 Å². The van der Waals surface area contributed by atoms with Crippen LogP contribution >= 0.6 is 11.3 Å². The predicted molar refractivity (Wildman–Crippen MR) is 125 cm³/mol. The molecule has 1 spiro atoms. The molecule has 0 bridgehead atoms. The highest BCUT2D eigenvalue weighted by atomic mass is 32.1. The number of urea groups is 1. The van der Waals surface area contributed by atoms with Gasteiger partial charge in [-0.2, -0.15) is 0 Å². The third-order valence-electron chi connectivity index (χ3n) is 7.71. The lowest BCUT2D eigenvalue weighted by Crippen LogP contribution is -2.50. The fraction of sp³-hybridized carbons (Fsp3) is 0.708. The molecule has 4 rings (SSSR count). The molecule has 8 heteroatoms. The molecule has 2 aliphatic heterocycles. The molecule has 1 atom stereocenters. The molecule has 1 saturated carbocycles. The van der Waals surface area contributed by atoms with Crippen LogP contribution in [0.1, 0.15) is 69.7 Å². The van der Waals surface area contributed by atoms with Crippen LogP contribution in [-0.2, 0) is 9.59 Å². The van der Waals surface area contributed by atoms with Crippen LogP contribution in [0.5, 0.6) is 0 Å². The number of thiophene rings is 1. The normalized spacial score (nSPS) is 28.2. The Morgan fingerprint density at radius 3 is 2.59 bits per heavy atom. The van der Waals surface area contributed by atoms with Crippen LogP contribution in [0.15, 0.2) is 17.5 Å². The number of carbonyl (C=O) groups is 3. The molecule has 176 valence electrons. The molecule has 3 aliphatic rings. The van der Waals surface area contributed by atoms with Gasteiger partial charge in [0.15, 0.2) is 0 Å². The van der Waals surface area contributed by atoms with Crippen LogP contribution in [0.2, 0.25) is 0 Å². The smallest absolute Gasteiger partial charge is 0.325 e. The maximum absolute atomic E-state index is 13.1. The fourth-order valence-corrected chi connectivity index (χ4v) is 6.24. The number of likely N-dealkylation sites (tertiary alicyclic amines) is 1. The number of rotatable bonds is 7. The second-order valence-corrected chi connectivity index (χ2v) is 10.8. The summed E-state index contributed by atoms with van der Waals surface area (Å²) in [6.07, 6.45) is 6.66. The van der Waals surface area contributed by atoms with Crippen molar-refractivity contribution >= 4 is 29.2 Å². The largest absolute Gasteiger partial charge is 0.353 e. The summed E-state index contributed by atoms with van der Waals surface area (Å²) < 4.78 is 0. The molecule has 3 fully saturated rings. The number of imide groups is 1. The van der Waals surface area contributed by atoms with Gasteiger partial charge in [0.1, 0.15) is 12.1 Å². The minimum Gasteiger partial charge on any atom is -0.353 e. The van der Waals surface area contributed by atoms with E-state index in [-0.39, 0.29) is 24.4 Å². The van der Waals surface area contributed by atoms with Gasteiger partial charge in [0, 0.05) is 11.4 Å².